The fourth-order valence-corrected chi connectivity index (χ4v) is 3.89. The zero-order valence-electron chi connectivity index (χ0n) is 12.9. The number of hydrogen-bond donors (Lipinski definition) is 0. The second-order valence-electron chi connectivity index (χ2n) is 5.49. The minimum Gasteiger partial charge on any atom is -0.259 e. The monoisotopic (exact) mass is 321 g/mol. The molecule has 0 bridgehead atoms. The highest BCUT2D eigenvalue weighted by atomic mass is 32.2. The molecule has 114 valence electrons. The van der Waals surface area contributed by atoms with E-state index >= 15 is 0 Å². The lowest BCUT2D eigenvalue weighted by molar-refractivity contribution is 0.246. The highest BCUT2D eigenvalue weighted by Crippen LogP contribution is 2.48. The van der Waals surface area contributed by atoms with Crippen molar-refractivity contribution >= 4 is 29.2 Å². The summed E-state index contributed by atoms with van der Waals surface area (Å²) in [6.07, 6.45) is 0. The number of rotatable bonds is 0. The summed E-state index contributed by atoms with van der Waals surface area (Å²) in [5.74, 6) is 0. The van der Waals surface area contributed by atoms with Crippen LogP contribution in [0.4, 0.5) is 16.2 Å². The van der Waals surface area contributed by atoms with Gasteiger partial charge in [0, 0.05) is 15.5 Å². The van der Waals surface area contributed by atoms with Crippen LogP contribution >= 0.6 is 11.8 Å². The quantitative estimate of drug-likeness (QED) is 0.598. The molecule has 4 rings (SSSR count). The Morgan fingerprint density at radius 1 is 0.957 bits per heavy atom. The summed E-state index contributed by atoms with van der Waals surface area (Å²) >= 11 is 1.68. The Kier molecular flexibility index (Phi) is 3.23. The van der Waals surface area contributed by atoms with Crippen molar-refractivity contribution < 1.29 is 4.79 Å². The molecule has 0 saturated heterocycles. The zero-order valence-corrected chi connectivity index (χ0v) is 13.7. The molecule has 1 aliphatic heterocycles. The van der Waals surface area contributed by atoms with Crippen LogP contribution < -0.4 is 4.90 Å². The van der Waals surface area contributed by atoms with Crippen LogP contribution in [-0.2, 0) is 0 Å². The molecule has 2 aromatic carbocycles. The highest BCUT2D eigenvalue weighted by molar-refractivity contribution is 7.99. The third-order valence-corrected chi connectivity index (χ3v) is 4.94. The molecule has 2 heterocycles. The zero-order chi connectivity index (χ0) is 16.0. The Labute approximate surface area is 138 Å². The molecule has 0 atom stereocenters. The number of nitrogens with zero attached hydrogens (tertiary/aromatic N) is 3. The molecule has 1 amide bonds. The first kappa shape index (κ1) is 14.1. The lowest BCUT2D eigenvalue weighted by atomic mass is 10.2. The second-order valence-corrected chi connectivity index (χ2v) is 6.58. The van der Waals surface area contributed by atoms with Crippen molar-refractivity contribution in [3.05, 3.63) is 66.0 Å². The third-order valence-electron chi connectivity index (χ3n) is 3.81. The Hall–Kier alpha value is -2.53. The average molecular weight is 321 g/mol. The van der Waals surface area contributed by atoms with Gasteiger partial charge < -0.3 is 0 Å². The molecular formula is C18H15N3OS. The Morgan fingerprint density at radius 3 is 2.04 bits per heavy atom. The maximum atomic E-state index is 13.2. The molecule has 3 aromatic rings. The Balaban J connectivity index is 1.91. The van der Waals surface area contributed by atoms with E-state index in [-0.39, 0.29) is 6.03 Å². The summed E-state index contributed by atoms with van der Waals surface area (Å²) < 4.78 is 1.47. The molecule has 0 saturated carbocycles. The van der Waals surface area contributed by atoms with Crippen molar-refractivity contribution in [2.75, 3.05) is 4.90 Å². The van der Waals surface area contributed by atoms with E-state index in [1.165, 1.54) is 4.68 Å². The van der Waals surface area contributed by atoms with Gasteiger partial charge in [0.1, 0.15) is 0 Å². The molecule has 0 fully saturated rings. The summed E-state index contributed by atoms with van der Waals surface area (Å²) in [6.45, 7) is 3.79. The molecular weight excluding hydrogens is 306 g/mol. The fourth-order valence-electron chi connectivity index (χ4n) is 2.83. The lowest BCUT2D eigenvalue weighted by Gasteiger charge is -2.30. The van der Waals surface area contributed by atoms with Crippen molar-refractivity contribution in [1.29, 1.82) is 0 Å². The summed E-state index contributed by atoms with van der Waals surface area (Å²) in [6, 6.07) is 17.7. The van der Waals surface area contributed by atoms with E-state index in [0.717, 1.165) is 32.6 Å². The number of fused-ring (bicyclic) bond motifs is 2. The van der Waals surface area contributed by atoms with Crippen LogP contribution in [0, 0.1) is 13.8 Å². The normalized spacial score (nSPS) is 12.7. The molecule has 0 N–H and O–H groups in total. The SMILES string of the molecule is Cc1cc(C)n(C(=O)N2c3ccccc3Sc3ccccc32)n1. The maximum absolute atomic E-state index is 13.2. The van der Waals surface area contributed by atoms with Crippen LogP contribution in [0.5, 0.6) is 0 Å². The van der Waals surface area contributed by atoms with E-state index < -0.39 is 0 Å². The van der Waals surface area contributed by atoms with Crippen molar-refractivity contribution in [1.82, 2.24) is 9.78 Å². The van der Waals surface area contributed by atoms with Crippen LogP contribution in [-0.4, -0.2) is 15.8 Å². The van der Waals surface area contributed by atoms with E-state index in [0.29, 0.717) is 0 Å². The molecule has 5 heteroatoms. The molecule has 0 radical (unpaired) electrons. The first-order valence-electron chi connectivity index (χ1n) is 7.39. The fraction of sp³-hybridized carbons (Fsp3) is 0.111. The van der Waals surface area contributed by atoms with Gasteiger partial charge in [-0.15, -0.1) is 0 Å². The maximum Gasteiger partial charge on any atom is 0.354 e. The van der Waals surface area contributed by atoms with Crippen molar-refractivity contribution in [3.63, 3.8) is 0 Å². The van der Waals surface area contributed by atoms with Gasteiger partial charge in [-0.2, -0.15) is 9.78 Å². The molecule has 1 aromatic heterocycles. The predicted octanol–water partition coefficient (Wildman–Crippen LogP) is 4.77. The van der Waals surface area contributed by atoms with Gasteiger partial charge in [0.2, 0.25) is 0 Å². The number of aryl methyl sites for hydroxylation is 2. The minimum absolute atomic E-state index is 0.157. The van der Waals surface area contributed by atoms with Gasteiger partial charge in [-0.25, -0.2) is 4.79 Å². The number of hydrogen-bond acceptors (Lipinski definition) is 3. The average Bonchev–Trinajstić information content (AvgIpc) is 2.90. The van der Waals surface area contributed by atoms with Crippen molar-refractivity contribution in [2.24, 2.45) is 0 Å². The van der Waals surface area contributed by atoms with Crippen LogP contribution in [0.25, 0.3) is 0 Å². The first-order chi connectivity index (χ1) is 11.1. The predicted molar refractivity (Wildman–Crippen MR) is 91.6 cm³/mol. The van der Waals surface area contributed by atoms with Gasteiger partial charge in [-0.1, -0.05) is 36.0 Å². The summed E-state index contributed by atoms with van der Waals surface area (Å²) in [4.78, 5) is 17.1. The van der Waals surface area contributed by atoms with Gasteiger partial charge >= 0.3 is 6.03 Å². The van der Waals surface area contributed by atoms with Gasteiger partial charge in [0.05, 0.1) is 17.1 Å². The second kappa shape index (κ2) is 5.28. The van der Waals surface area contributed by atoms with E-state index in [1.54, 1.807) is 16.7 Å². The van der Waals surface area contributed by atoms with Gasteiger partial charge in [0.15, 0.2) is 0 Å². The van der Waals surface area contributed by atoms with Crippen molar-refractivity contribution in [2.45, 2.75) is 23.6 Å². The molecule has 4 nitrogen and oxygen atoms in total. The minimum atomic E-state index is -0.157. The Bertz CT molecular complexity index is 871. The van der Waals surface area contributed by atoms with Crippen LogP contribution in [0.1, 0.15) is 11.4 Å². The number of aromatic nitrogens is 2. The van der Waals surface area contributed by atoms with Crippen molar-refractivity contribution in [3.8, 4) is 0 Å². The lowest BCUT2D eigenvalue weighted by Crippen LogP contribution is -2.33. The summed E-state index contributed by atoms with van der Waals surface area (Å²) in [5.41, 5.74) is 3.46. The smallest absolute Gasteiger partial charge is 0.259 e. The molecule has 23 heavy (non-hydrogen) atoms. The van der Waals surface area contributed by atoms with Crippen LogP contribution in [0.15, 0.2) is 64.4 Å². The van der Waals surface area contributed by atoms with Gasteiger partial charge in [0.25, 0.3) is 0 Å². The van der Waals surface area contributed by atoms with E-state index in [2.05, 4.69) is 5.10 Å². The number of benzene rings is 2. The highest BCUT2D eigenvalue weighted by Gasteiger charge is 2.29. The number of anilines is 2. The van der Waals surface area contributed by atoms with Crippen LogP contribution in [0.3, 0.4) is 0 Å². The van der Waals surface area contributed by atoms with E-state index in [9.17, 15) is 4.79 Å². The van der Waals surface area contributed by atoms with E-state index in [4.69, 9.17) is 0 Å². The first-order valence-corrected chi connectivity index (χ1v) is 8.20. The standard InChI is InChI=1S/C18H15N3OS/c1-12-11-13(2)21(19-12)18(22)20-14-7-3-5-9-16(14)23-17-10-6-4-8-15(17)20/h3-11H,1-2H3. The topological polar surface area (TPSA) is 38.1 Å². The number of amides is 1. The molecule has 0 aliphatic carbocycles. The summed E-state index contributed by atoms with van der Waals surface area (Å²) in [5, 5.41) is 4.35. The van der Waals surface area contributed by atoms with Gasteiger partial charge in [-0.05, 0) is 44.2 Å². The van der Waals surface area contributed by atoms with Gasteiger partial charge in [-0.3, -0.25) is 4.90 Å². The Morgan fingerprint density at radius 2 is 1.52 bits per heavy atom. The van der Waals surface area contributed by atoms with E-state index in [1.807, 2.05) is 68.4 Å². The number of para-hydroxylation sites is 2. The molecule has 1 aliphatic rings. The third kappa shape index (κ3) is 2.24. The number of carbonyl (C=O) groups is 1. The summed E-state index contributed by atoms with van der Waals surface area (Å²) in [7, 11) is 0. The largest absolute Gasteiger partial charge is 0.354 e. The number of carbonyl (C=O) groups excluding carboxylic acids is 1. The molecule has 0 spiro atoms. The molecule has 0 unspecified atom stereocenters. The van der Waals surface area contributed by atoms with Crippen LogP contribution in [0.2, 0.25) is 0 Å².